The molecule has 3 rings (SSSR count). The Morgan fingerprint density at radius 1 is 1.37 bits per heavy atom. The summed E-state index contributed by atoms with van der Waals surface area (Å²) in [7, 11) is 0. The van der Waals surface area contributed by atoms with E-state index in [2.05, 4.69) is 15.0 Å². The van der Waals surface area contributed by atoms with E-state index in [1.54, 1.807) is 10.9 Å². The van der Waals surface area contributed by atoms with Crippen LogP contribution in [0.3, 0.4) is 0 Å². The van der Waals surface area contributed by atoms with Crippen molar-refractivity contribution in [2.75, 3.05) is 6.61 Å². The Labute approximate surface area is 109 Å². The fraction of sp³-hybridized carbons (Fsp3) is 0.583. The van der Waals surface area contributed by atoms with Gasteiger partial charge in [0.2, 0.25) is 0 Å². The first-order valence-electron chi connectivity index (χ1n) is 6.22. The second kappa shape index (κ2) is 4.52. The van der Waals surface area contributed by atoms with Gasteiger partial charge in [0.05, 0.1) is 24.7 Å². The van der Waals surface area contributed by atoms with Gasteiger partial charge in [0.25, 0.3) is 0 Å². The van der Waals surface area contributed by atoms with Crippen LogP contribution in [0.5, 0.6) is 0 Å². The minimum absolute atomic E-state index is 0.148. The number of aliphatic hydroxyl groups is 2. The summed E-state index contributed by atoms with van der Waals surface area (Å²) in [5, 5.41) is 19.2. The van der Waals surface area contributed by atoms with Gasteiger partial charge in [-0.3, -0.25) is 4.57 Å². The molecule has 4 unspecified atom stereocenters. The Bertz CT molecular complexity index is 600. The molecule has 0 radical (unpaired) electrons. The lowest BCUT2D eigenvalue weighted by atomic mass is 10.0. The summed E-state index contributed by atoms with van der Waals surface area (Å²) < 4.78 is 7.48. The van der Waals surface area contributed by atoms with Crippen molar-refractivity contribution in [3.63, 3.8) is 0 Å². The smallest absolute Gasteiger partial charge is 0.165 e. The van der Waals surface area contributed by atoms with Crippen molar-refractivity contribution in [2.24, 2.45) is 5.92 Å². The number of fused-ring (bicyclic) bond motifs is 1. The fourth-order valence-corrected chi connectivity index (χ4v) is 2.52. The monoisotopic (exact) mass is 264 g/mol. The molecule has 0 amide bonds. The number of hydrogen-bond donors (Lipinski definition) is 2. The molecule has 4 atom stereocenters. The highest BCUT2D eigenvalue weighted by Crippen LogP contribution is 2.35. The predicted molar refractivity (Wildman–Crippen MR) is 66.2 cm³/mol. The van der Waals surface area contributed by atoms with E-state index in [9.17, 15) is 10.2 Å². The molecule has 0 saturated carbocycles. The van der Waals surface area contributed by atoms with Crippen molar-refractivity contribution in [2.45, 2.75) is 32.3 Å². The van der Waals surface area contributed by atoms with Crippen LogP contribution < -0.4 is 0 Å². The van der Waals surface area contributed by atoms with Gasteiger partial charge in [0, 0.05) is 5.92 Å². The maximum atomic E-state index is 10.0. The molecule has 1 fully saturated rings. The van der Waals surface area contributed by atoms with E-state index in [0.29, 0.717) is 5.65 Å². The van der Waals surface area contributed by atoms with Crippen LogP contribution >= 0.6 is 0 Å². The van der Waals surface area contributed by atoms with E-state index >= 15 is 0 Å². The highest BCUT2D eigenvalue weighted by Gasteiger charge is 2.42. The molecular weight excluding hydrogens is 248 g/mol. The van der Waals surface area contributed by atoms with Crippen molar-refractivity contribution >= 4 is 11.2 Å². The third kappa shape index (κ3) is 1.81. The molecule has 0 spiro atoms. The second-order valence-electron chi connectivity index (χ2n) is 4.88. The zero-order chi connectivity index (χ0) is 13.6. The molecule has 0 bridgehead atoms. The Hall–Kier alpha value is -1.57. The van der Waals surface area contributed by atoms with Gasteiger partial charge in [-0.25, -0.2) is 15.0 Å². The summed E-state index contributed by atoms with van der Waals surface area (Å²) in [5.74, 6) is -0.148. The molecule has 7 heteroatoms. The van der Waals surface area contributed by atoms with Gasteiger partial charge >= 0.3 is 0 Å². The molecule has 0 aromatic carbocycles. The molecule has 1 saturated heterocycles. The summed E-state index contributed by atoms with van der Waals surface area (Å²) in [4.78, 5) is 12.6. The number of imidazole rings is 1. The SMILES string of the molecule is Cc1ncnc2c1ncn2C1OC(CO)C(O)C1C. The van der Waals surface area contributed by atoms with Crippen LogP contribution in [-0.4, -0.2) is 48.5 Å². The summed E-state index contributed by atoms with van der Waals surface area (Å²) >= 11 is 0. The summed E-state index contributed by atoms with van der Waals surface area (Å²) in [6.45, 7) is 3.54. The van der Waals surface area contributed by atoms with E-state index in [0.717, 1.165) is 11.2 Å². The topological polar surface area (TPSA) is 93.3 Å². The normalized spacial score (nSPS) is 31.2. The maximum Gasteiger partial charge on any atom is 0.165 e. The number of nitrogens with zero attached hydrogens (tertiary/aromatic N) is 4. The highest BCUT2D eigenvalue weighted by atomic mass is 16.5. The van der Waals surface area contributed by atoms with Gasteiger partial charge in [-0.1, -0.05) is 6.92 Å². The van der Waals surface area contributed by atoms with E-state index in [4.69, 9.17) is 4.74 Å². The third-order valence-electron chi connectivity index (χ3n) is 3.68. The van der Waals surface area contributed by atoms with Crippen LogP contribution in [0.25, 0.3) is 11.2 Å². The highest BCUT2D eigenvalue weighted by molar-refractivity contribution is 5.72. The summed E-state index contributed by atoms with van der Waals surface area (Å²) in [5.41, 5.74) is 2.20. The second-order valence-corrected chi connectivity index (χ2v) is 4.88. The van der Waals surface area contributed by atoms with Gasteiger partial charge in [-0.15, -0.1) is 0 Å². The van der Waals surface area contributed by atoms with E-state index in [1.807, 2.05) is 13.8 Å². The number of aryl methyl sites for hydroxylation is 1. The molecule has 2 N–H and O–H groups in total. The molecule has 7 nitrogen and oxygen atoms in total. The number of aliphatic hydroxyl groups excluding tert-OH is 2. The van der Waals surface area contributed by atoms with Gasteiger partial charge in [-0.2, -0.15) is 0 Å². The molecule has 1 aliphatic heterocycles. The Morgan fingerprint density at radius 3 is 2.84 bits per heavy atom. The van der Waals surface area contributed by atoms with Crippen molar-refractivity contribution in [3.8, 4) is 0 Å². The first kappa shape index (κ1) is 12.5. The summed E-state index contributed by atoms with van der Waals surface area (Å²) in [6.07, 6.45) is 1.47. The molecule has 102 valence electrons. The van der Waals surface area contributed by atoms with Gasteiger partial charge in [0.1, 0.15) is 24.2 Å². The van der Waals surface area contributed by atoms with Crippen LogP contribution in [0.2, 0.25) is 0 Å². The Morgan fingerprint density at radius 2 is 2.16 bits per heavy atom. The minimum Gasteiger partial charge on any atom is -0.394 e. The third-order valence-corrected chi connectivity index (χ3v) is 3.68. The van der Waals surface area contributed by atoms with Crippen LogP contribution in [-0.2, 0) is 4.74 Å². The Kier molecular flexibility index (Phi) is 2.96. The number of aromatic nitrogens is 4. The van der Waals surface area contributed by atoms with Crippen LogP contribution in [0, 0.1) is 12.8 Å². The average molecular weight is 264 g/mol. The van der Waals surface area contributed by atoms with Crippen molar-refractivity contribution < 1.29 is 14.9 Å². The molecular formula is C12H16N4O3. The van der Waals surface area contributed by atoms with Crippen molar-refractivity contribution in [1.29, 1.82) is 0 Å². The number of rotatable bonds is 2. The zero-order valence-electron chi connectivity index (χ0n) is 10.8. The molecule has 2 aromatic rings. The van der Waals surface area contributed by atoms with Crippen molar-refractivity contribution in [1.82, 2.24) is 19.5 Å². The molecule has 1 aliphatic rings. The van der Waals surface area contributed by atoms with E-state index in [1.165, 1.54) is 6.33 Å². The predicted octanol–water partition coefficient (Wildman–Crippen LogP) is 0.0214. The fourth-order valence-electron chi connectivity index (χ4n) is 2.52. The molecule has 0 aliphatic carbocycles. The lowest BCUT2D eigenvalue weighted by Gasteiger charge is -2.17. The van der Waals surface area contributed by atoms with Crippen molar-refractivity contribution in [3.05, 3.63) is 18.3 Å². The molecule has 3 heterocycles. The van der Waals surface area contributed by atoms with E-state index in [-0.39, 0.29) is 18.8 Å². The van der Waals surface area contributed by atoms with Crippen LogP contribution in [0.4, 0.5) is 0 Å². The first-order valence-corrected chi connectivity index (χ1v) is 6.22. The molecule has 2 aromatic heterocycles. The Balaban J connectivity index is 2.04. The lowest BCUT2D eigenvalue weighted by Crippen LogP contribution is -2.28. The zero-order valence-corrected chi connectivity index (χ0v) is 10.8. The number of ether oxygens (including phenoxy) is 1. The van der Waals surface area contributed by atoms with E-state index < -0.39 is 12.2 Å². The van der Waals surface area contributed by atoms with Crippen LogP contribution in [0.15, 0.2) is 12.7 Å². The van der Waals surface area contributed by atoms with Gasteiger partial charge in [0.15, 0.2) is 5.65 Å². The summed E-state index contributed by atoms with van der Waals surface area (Å²) in [6, 6.07) is 0. The number of hydrogen-bond acceptors (Lipinski definition) is 6. The average Bonchev–Trinajstić information content (AvgIpc) is 2.94. The first-order chi connectivity index (χ1) is 9.13. The lowest BCUT2D eigenvalue weighted by molar-refractivity contribution is -0.0447. The molecule has 19 heavy (non-hydrogen) atoms. The minimum atomic E-state index is -0.699. The van der Waals surface area contributed by atoms with Gasteiger partial charge < -0.3 is 14.9 Å². The van der Waals surface area contributed by atoms with Gasteiger partial charge in [-0.05, 0) is 6.92 Å². The quantitative estimate of drug-likeness (QED) is 0.794. The standard InChI is InChI=1S/C12H16N4O3/c1-6-10(18)8(3-17)19-12(6)16-5-15-9-7(2)13-4-14-11(9)16/h4-6,8,10,12,17-18H,3H2,1-2H3. The maximum absolute atomic E-state index is 10.0. The largest absolute Gasteiger partial charge is 0.394 e. The van der Waals surface area contributed by atoms with Crippen LogP contribution in [0.1, 0.15) is 18.8 Å².